The SMILES string of the molecule is CC1(C(=O)Nc2cc3c(cc2Cl)NC(=O)CO3)CCCCN1.Cl. The van der Waals surface area contributed by atoms with Crippen molar-refractivity contribution in [2.75, 3.05) is 23.8 Å². The second-order valence-corrected chi connectivity index (χ2v) is 6.24. The molecule has 0 bridgehead atoms. The summed E-state index contributed by atoms with van der Waals surface area (Å²) in [4.78, 5) is 23.8. The van der Waals surface area contributed by atoms with Crippen molar-refractivity contribution in [3.8, 4) is 5.75 Å². The van der Waals surface area contributed by atoms with Gasteiger partial charge in [-0.1, -0.05) is 11.6 Å². The number of halogens is 2. The van der Waals surface area contributed by atoms with Crippen molar-refractivity contribution < 1.29 is 14.3 Å². The van der Waals surface area contributed by atoms with Crippen LogP contribution >= 0.6 is 24.0 Å². The number of carbonyl (C=O) groups excluding carboxylic acids is 2. The molecule has 1 fully saturated rings. The number of piperidine rings is 1. The minimum absolute atomic E-state index is 0. The first-order chi connectivity index (χ1) is 10.5. The number of nitrogens with one attached hydrogen (secondary N) is 3. The van der Waals surface area contributed by atoms with Crippen LogP contribution in [-0.4, -0.2) is 30.5 Å². The molecule has 0 aliphatic carbocycles. The van der Waals surface area contributed by atoms with E-state index in [0.717, 1.165) is 25.8 Å². The molecule has 1 aromatic rings. The summed E-state index contributed by atoms with van der Waals surface area (Å²) in [6.45, 7) is 2.68. The first-order valence-electron chi connectivity index (χ1n) is 7.31. The van der Waals surface area contributed by atoms with Crippen LogP contribution in [0.3, 0.4) is 0 Å². The van der Waals surface area contributed by atoms with E-state index in [9.17, 15) is 9.59 Å². The molecule has 6 nitrogen and oxygen atoms in total. The number of ether oxygens (including phenoxy) is 1. The van der Waals surface area contributed by atoms with Crippen molar-refractivity contribution in [3.05, 3.63) is 17.2 Å². The highest BCUT2D eigenvalue weighted by atomic mass is 35.5. The third-order valence-corrected chi connectivity index (χ3v) is 4.38. The number of amides is 2. The lowest BCUT2D eigenvalue weighted by molar-refractivity contribution is -0.122. The molecule has 1 atom stereocenters. The average molecular weight is 360 g/mol. The molecule has 2 heterocycles. The Hall–Kier alpha value is -1.50. The molecule has 8 heteroatoms. The van der Waals surface area contributed by atoms with E-state index in [1.807, 2.05) is 6.92 Å². The van der Waals surface area contributed by atoms with Crippen LogP contribution < -0.4 is 20.7 Å². The summed E-state index contributed by atoms with van der Waals surface area (Å²) in [7, 11) is 0. The van der Waals surface area contributed by atoms with E-state index in [1.54, 1.807) is 12.1 Å². The Labute approximate surface area is 145 Å². The summed E-state index contributed by atoms with van der Waals surface area (Å²) < 4.78 is 5.35. The van der Waals surface area contributed by atoms with E-state index in [4.69, 9.17) is 16.3 Å². The number of fused-ring (bicyclic) bond motifs is 1. The van der Waals surface area contributed by atoms with Gasteiger partial charge in [0.15, 0.2) is 6.61 Å². The number of carbonyl (C=O) groups is 2. The number of hydrogen-bond acceptors (Lipinski definition) is 4. The standard InChI is InChI=1S/C15H18ClN3O3.ClH/c1-15(4-2-3-5-17-15)14(21)19-10-7-12-11(6-9(10)16)18-13(20)8-22-12;/h6-7,17H,2-5,8H2,1H3,(H,18,20)(H,19,21);1H. The third kappa shape index (κ3) is 3.71. The van der Waals surface area contributed by atoms with E-state index < -0.39 is 5.54 Å². The predicted octanol–water partition coefficient (Wildman–Crippen LogP) is 2.56. The van der Waals surface area contributed by atoms with Gasteiger partial charge in [-0.2, -0.15) is 0 Å². The normalized spacial score (nSPS) is 23.0. The van der Waals surface area contributed by atoms with E-state index in [1.165, 1.54) is 0 Å². The predicted molar refractivity (Wildman–Crippen MR) is 91.7 cm³/mol. The van der Waals surface area contributed by atoms with Gasteiger partial charge in [0, 0.05) is 6.07 Å². The molecule has 23 heavy (non-hydrogen) atoms. The maximum atomic E-state index is 12.5. The van der Waals surface area contributed by atoms with Gasteiger partial charge in [-0.25, -0.2) is 0 Å². The molecule has 0 spiro atoms. The van der Waals surface area contributed by atoms with E-state index in [2.05, 4.69) is 16.0 Å². The molecule has 1 saturated heterocycles. The Morgan fingerprint density at radius 3 is 2.87 bits per heavy atom. The van der Waals surface area contributed by atoms with Gasteiger partial charge in [-0.15, -0.1) is 12.4 Å². The molecule has 3 N–H and O–H groups in total. The zero-order valence-electron chi connectivity index (χ0n) is 12.7. The van der Waals surface area contributed by atoms with Crippen LogP contribution in [0.2, 0.25) is 5.02 Å². The smallest absolute Gasteiger partial charge is 0.262 e. The van der Waals surface area contributed by atoms with Gasteiger partial charge in [0.25, 0.3) is 5.91 Å². The van der Waals surface area contributed by atoms with Gasteiger partial charge >= 0.3 is 0 Å². The van der Waals surface area contributed by atoms with Crippen LogP contribution in [0, 0.1) is 0 Å². The summed E-state index contributed by atoms with van der Waals surface area (Å²) in [6.07, 6.45) is 2.88. The van der Waals surface area contributed by atoms with Crippen molar-refractivity contribution in [3.63, 3.8) is 0 Å². The topological polar surface area (TPSA) is 79.5 Å². The maximum Gasteiger partial charge on any atom is 0.262 e. The Bertz CT molecular complexity index is 631. The van der Waals surface area contributed by atoms with Crippen LogP contribution in [0.1, 0.15) is 26.2 Å². The Morgan fingerprint density at radius 2 is 2.17 bits per heavy atom. The van der Waals surface area contributed by atoms with Crippen LogP contribution in [0.15, 0.2) is 12.1 Å². The molecular formula is C15H19Cl2N3O3. The first kappa shape index (κ1) is 17.8. The van der Waals surface area contributed by atoms with E-state index in [0.29, 0.717) is 22.1 Å². The lowest BCUT2D eigenvalue weighted by atomic mass is 9.90. The van der Waals surface area contributed by atoms with Crippen molar-refractivity contribution in [1.82, 2.24) is 5.32 Å². The molecule has 1 aromatic carbocycles. The molecule has 126 valence electrons. The minimum Gasteiger partial charge on any atom is -0.482 e. The third-order valence-electron chi connectivity index (χ3n) is 4.07. The zero-order valence-corrected chi connectivity index (χ0v) is 14.3. The lowest BCUT2D eigenvalue weighted by Gasteiger charge is -2.33. The number of hydrogen-bond donors (Lipinski definition) is 3. The van der Waals surface area contributed by atoms with Crippen molar-refractivity contribution in [1.29, 1.82) is 0 Å². The molecule has 0 radical (unpaired) electrons. The van der Waals surface area contributed by atoms with Crippen molar-refractivity contribution >= 4 is 47.2 Å². The fourth-order valence-electron chi connectivity index (χ4n) is 2.71. The Morgan fingerprint density at radius 1 is 1.39 bits per heavy atom. The van der Waals surface area contributed by atoms with Gasteiger partial charge in [0.2, 0.25) is 5.91 Å². The second-order valence-electron chi connectivity index (χ2n) is 5.84. The molecular weight excluding hydrogens is 341 g/mol. The largest absolute Gasteiger partial charge is 0.482 e. The summed E-state index contributed by atoms with van der Waals surface area (Å²) >= 11 is 6.20. The van der Waals surface area contributed by atoms with Crippen LogP contribution in [0.25, 0.3) is 0 Å². The molecule has 0 saturated carbocycles. The summed E-state index contributed by atoms with van der Waals surface area (Å²) in [6, 6.07) is 3.22. The highest BCUT2D eigenvalue weighted by molar-refractivity contribution is 6.34. The molecule has 2 aliphatic rings. The van der Waals surface area contributed by atoms with E-state index >= 15 is 0 Å². The van der Waals surface area contributed by atoms with Crippen LogP contribution in [0.5, 0.6) is 5.75 Å². The lowest BCUT2D eigenvalue weighted by Crippen LogP contribution is -2.54. The molecule has 2 aliphatic heterocycles. The Kier molecular flexibility index (Phi) is 5.39. The van der Waals surface area contributed by atoms with E-state index in [-0.39, 0.29) is 30.8 Å². The van der Waals surface area contributed by atoms with Gasteiger partial charge in [0.1, 0.15) is 5.75 Å². The number of anilines is 2. The average Bonchev–Trinajstić information content (AvgIpc) is 2.49. The summed E-state index contributed by atoms with van der Waals surface area (Å²) in [5, 5.41) is 9.15. The highest BCUT2D eigenvalue weighted by Crippen LogP contribution is 2.36. The number of rotatable bonds is 2. The molecule has 3 rings (SSSR count). The van der Waals surface area contributed by atoms with Crippen LogP contribution in [0.4, 0.5) is 11.4 Å². The van der Waals surface area contributed by atoms with Gasteiger partial charge in [-0.05, 0) is 38.8 Å². The highest BCUT2D eigenvalue weighted by Gasteiger charge is 2.34. The van der Waals surface area contributed by atoms with Gasteiger partial charge in [0.05, 0.1) is 21.9 Å². The summed E-state index contributed by atoms with van der Waals surface area (Å²) in [5.74, 6) is 0.161. The number of benzene rings is 1. The van der Waals surface area contributed by atoms with Crippen LogP contribution in [-0.2, 0) is 9.59 Å². The maximum absolute atomic E-state index is 12.5. The second kappa shape index (κ2) is 6.95. The van der Waals surface area contributed by atoms with Crippen molar-refractivity contribution in [2.45, 2.75) is 31.7 Å². The molecule has 2 amide bonds. The first-order valence-corrected chi connectivity index (χ1v) is 7.68. The monoisotopic (exact) mass is 359 g/mol. The fraction of sp³-hybridized carbons (Fsp3) is 0.467. The van der Waals surface area contributed by atoms with Crippen molar-refractivity contribution in [2.24, 2.45) is 0 Å². The fourth-order valence-corrected chi connectivity index (χ4v) is 2.92. The Balaban J connectivity index is 0.00000192. The zero-order chi connectivity index (χ0) is 15.7. The van der Waals surface area contributed by atoms with Gasteiger partial charge in [-0.3, -0.25) is 9.59 Å². The van der Waals surface area contributed by atoms with Gasteiger partial charge < -0.3 is 20.7 Å². The quantitative estimate of drug-likeness (QED) is 0.757. The molecule has 1 unspecified atom stereocenters. The minimum atomic E-state index is -0.591. The summed E-state index contributed by atoms with van der Waals surface area (Å²) in [5.41, 5.74) is 0.406. The molecule has 0 aromatic heterocycles.